The number of nitrogens with zero attached hydrogens (tertiary/aromatic N) is 3. The molecule has 0 amide bonds. The quantitative estimate of drug-likeness (QED) is 0.868. The molecule has 0 bridgehead atoms. The topological polar surface area (TPSA) is 88.0 Å². The zero-order valence-corrected chi connectivity index (χ0v) is 12.0. The highest BCUT2D eigenvalue weighted by atomic mass is 79.9. The van der Waals surface area contributed by atoms with Crippen LogP contribution in [0.2, 0.25) is 0 Å². The lowest BCUT2D eigenvalue weighted by molar-refractivity contribution is 0.0688. The summed E-state index contributed by atoms with van der Waals surface area (Å²) in [5, 5.41) is 12.5. The molecule has 0 saturated carbocycles. The SMILES string of the molecule is O=C(O)c1nc(-c2ncccc2Br)nc2c1CNCC2. The van der Waals surface area contributed by atoms with E-state index in [2.05, 4.69) is 36.2 Å². The highest BCUT2D eigenvalue weighted by Gasteiger charge is 2.23. The van der Waals surface area contributed by atoms with Gasteiger partial charge in [-0.25, -0.2) is 14.8 Å². The minimum Gasteiger partial charge on any atom is -0.476 e. The summed E-state index contributed by atoms with van der Waals surface area (Å²) in [5.41, 5.74) is 2.05. The molecule has 3 heterocycles. The van der Waals surface area contributed by atoms with E-state index in [1.54, 1.807) is 12.3 Å². The predicted octanol–water partition coefficient (Wildman–Crippen LogP) is 1.64. The predicted molar refractivity (Wildman–Crippen MR) is 75.3 cm³/mol. The van der Waals surface area contributed by atoms with Gasteiger partial charge in [0.2, 0.25) is 0 Å². The molecule has 0 aliphatic carbocycles. The maximum absolute atomic E-state index is 11.4. The molecular formula is C13H11BrN4O2. The van der Waals surface area contributed by atoms with E-state index in [1.165, 1.54) is 0 Å². The third-order valence-corrected chi connectivity index (χ3v) is 3.75. The van der Waals surface area contributed by atoms with Gasteiger partial charge in [0.15, 0.2) is 11.5 Å². The van der Waals surface area contributed by atoms with Crippen LogP contribution in [0.1, 0.15) is 21.7 Å². The van der Waals surface area contributed by atoms with Gasteiger partial charge in [-0.05, 0) is 28.1 Å². The number of carboxylic acid groups (broad SMARTS) is 1. The molecule has 7 heteroatoms. The van der Waals surface area contributed by atoms with Crippen molar-refractivity contribution in [3.8, 4) is 11.5 Å². The minimum absolute atomic E-state index is 0.0507. The van der Waals surface area contributed by atoms with Crippen LogP contribution in [0, 0.1) is 0 Å². The van der Waals surface area contributed by atoms with E-state index in [1.807, 2.05) is 6.07 Å². The average Bonchev–Trinajstić information content (AvgIpc) is 2.46. The lowest BCUT2D eigenvalue weighted by Crippen LogP contribution is -2.28. The van der Waals surface area contributed by atoms with Gasteiger partial charge in [0.05, 0.1) is 5.69 Å². The van der Waals surface area contributed by atoms with Crippen LogP contribution >= 0.6 is 15.9 Å². The Hall–Kier alpha value is -1.86. The molecule has 0 saturated heterocycles. The van der Waals surface area contributed by atoms with Gasteiger partial charge in [-0.15, -0.1) is 0 Å². The van der Waals surface area contributed by atoms with Crippen LogP contribution in [-0.2, 0) is 13.0 Å². The van der Waals surface area contributed by atoms with Crippen LogP contribution in [0.3, 0.4) is 0 Å². The van der Waals surface area contributed by atoms with Gasteiger partial charge in [-0.2, -0.15) is 0 Å². The summed E-state index contributed by atoms with van der Waals surface area (Å²) in [5.74, 6) is -0.698. The fourth-order valence-corrected chi connectivity index (χ4v) is 2.61. The number of nitrogens with one attached hydrogen (secondary N) is 1. The summed E-state index contributed by atoms with van der Waals surface area (Å²) in [7, 11) is 0. The van der Waals surface area contributed by atoms with Crippen molar-refractivity contribution in [3.05, 3.63) is 39.8 Å². The summed E-state index contributed by atoms with van der Waals surface area (Å²) in [4.78, 5) is 24.3. The molecule has 1 aliphatic rings. The number of rotatable bonds is 2. The minimum atomic E-state index is -1.04. The van der Waals surface area contributed by atoms with Crippen LogP contribution in [0.4, 0.5) is 0 Å². The Morgan fingerprint density at radius 2 is 2.25 bits per heavy atom. The van der Waals surface area contributed by atoms with Crippen LogP contribution in [0.25, 0.3) is 11.5 Å². The van der Waals surface area contributed by atoms with Crippen LogP contribution in [0.15, 0.2) is 22.8 Å². The molecule has 0 spiro atoms. The van der Waals surface area contributed by atoms with Gasteiger partial charge in [0.1, 0.15) is 5.69 Å². The van der Waals surface area contributed by atoms with Crippen molar-refractivity contribution in [2.24, 2.45) is 0 Å². The van der Waals surface area contributed by atoms with E-state index < -0.39 is 5.97 Å². The number of halogens is 1. The summed E-state index contributed by atoms with van der Waals surface area (Å²) in [6, 6.07) is 3.61. The number of hydrogen-bond acceptors (Lipinski definition) is 5. The van der Waals surface area contributed by atoms with Crippen LogP contribution in [-0.4, -0.2) is 32.6 Å². The maximum Gasteiger partial charge on any atom is 0.354 e. The molecule has 102 valence electrons. The first-order valence-corrected chi connectivity index (χ1v) is 6.91. The Bertz CT molecular complexity index is 690. The highest BCUT2D eigenvalue weighted by molar-refractivity contribution is 9.10. The van der Waals surface area contributed by atoms with Gasteiger partial charge in [-0.3, -0.25) is 4.98 Å². The lowest BCUT2D eigenvalue weighted by atomic mass is 10.0. The van der Waals surface area contributed by atoms with Crippen molar-refractivity contribution in [1.82, 2.24) is 20.3 Å². The number of pyridine rings is 1. The Morgan fingerprint density at radius 1 is 1.40 bits per heavy atom. The fraction of sp³-hybridized carbons (Fsp3) is 0.231. The number of hydrogen-bond donors (Lipinski definition) is 2. The molecule has 1 aliphatic heterocycles. The van der Waals surface area contributed by atoms with E-state index in [4.69, 9.17) is 0 Å². The fourth-order valence-electron chi connectivity index (χ4n) is 2.18. The Balaban J connectivity index is 2.20. The number of carboxylic acids is 1. The average molecular weight is 335 g/mol. The zero-order valence-electron chi connectivity index (χ0n) is 10.4. The molecule has 2 N–H and O–H groups in total. The van der Waals surface area contributed by atoms with Gasteiger partial charge < -0.3 is 10.4 Å². The summed E-state index contributed by atoms with van der Waals surface area (Å²) in [6.07, 6.45) is 2.32. The number of fused-ring (bicyclic) bond motifs is 1. The van der Waals surface area contributed by atoms with Crippen molar-refractivity contribution in [2.45, 2.75) is 13.0 Å². The molecule has 2 aromatic rings. The molecule has 0 aromatic carbocycles. The van der Waals surface area contributed by atoms with E-state index in [-0.39, 0.29) is 5.69 Å². The molecule has 0 atom stereocenters. The second-order valence-corrected chi connectivity index (χ2v) is 5.24. The Morgan fingerprint density at radius 3 is 3.00 bits per heavy atom. The van der Waals surface area contributed by atoms with Crippen LogP contribution in [0.5, 0.6) is 0 Å². The standard InChI is InChI=1S/C13H11BrN4O2/c14-8-2-1-4-16-11(8)12-17-9-3-5-15-6-7(9)10(18-12)13(19)20/h1-2,4,15H,3,5-6H2,(H,19,20). The largest absolute Gasteiger partial charge is 0.476 e. The van der Waals surface area contributed by atoms with Gasteiger partial charge in [0.25, 0.3) is 0 Å². The first-order chi connectivity index (χ1) is 9.66. The second-order valence-electron chi connectivity index (χ2n) is 4.39. The van der Waals surface area contributed by atoms with E-state index >= 15 is 0 Å². The third kappa shape index (κ3) is 2.30. The first kappa shape index (κ1) is 13.1. The maximum atomic E-state index is 11.4. The smallest absolute Gasteiger partial charge is 0.354 e. The van der Waals surface area contributed by atoms with Gasteiger partial charge in [0, 0.05) is 35.7 Å². The molecule has 20 heavy (non-hydrogen) atoms. The normalized spacial score (nSPS) is 13.8. The monoisotopic (exact) mass is 334 g/mol. The van der Waals surface area contributed by atoms with Crippen molar-refractivity contribution in [2.75, 3.05) is 6.54 Å². The highest BCUT2D eigenvalue weighted by Crippen LogP contribution is 2.25. The number of carbonyl (C=O) groups is 1. The van der Waals surface area contributed by atoms with Crippen molar-refractivity contribution in [3.63, 3.8) is 0 Å². The molecule has 0 unspecified atom stereocenters. The zero-order chi connectivity index (χ0) is 14.1. The number of aromatic nitrogens is 3. The first-order valence-electron chi connectivity index (χ1n) is 6.11. The van der Waals surface area contributed by atoms with E-state index in [0.29, 0.717) is 30.0 Å². The summed E-state index contributed by atoms with van der Waals surface area (Å²) >= 11 is 3.39. The Kier molecular flexibility index (Phi) is 3.45. The van der Waals surface area contributed by atoms with Crippen molar-refractivity contribution in [1.29, 1.82) is 0 Å². The van der Waals surface area contributed by atoms with Gasteiger partial charge in [-0.1, -0.05) is 0 Å². The van der Waals surface area contributed by atoms with Crippen LogP contribution < -0.4 is 5.32 Å². The number of aromatic carboxylic acids is 1. The molecular weight excluding hydrogens is 324 g/mol. The van der Waals surface area contributed by atoms with Crippen molar-refractivity contribution < 1.29 is 9.90 Å². The summed E-state index contributed by atoms with van der Waals surface area (Å²) in [6.45, 7) is 1.27. The van der Waals surface area contributed by atoms with Crippen molar-refractivity contribution >= 4 is 21.9 Å². The third-order valence-electron chi connectivity index (χ3n) is 3.11. The van der Waals surface area contributed by atoms with Gasteiger partial charge >= 0.3 is 5.97 Å². The van der Waals surface area contributed by atoms with E-state index in [9.17, 15) is 9.90 Å². The molecule has 6 nitrogen and oxygen atoms in total. The molecule has 0 radical (unpaired) electrons. The molecule has 0 fully saturated rings. The second kappa shape index (κ2) is 5.26. The Labute approximate surface area is 123 Å². The molecule has 2 aromatic heterocycles. The summed E-state index contributed by atoms with van der Waals surface area (Å²) < 4.78 is 0.741. The molecule has 3 rings (SSSR count). The lowest BCUT2D eigenvalue weighted by Gasteiger charge is -2.18. The van der Waals surface area contributed by atoms with E-state index in [0.717, 1.165) is 16.7 Å².